The van der Waals surface area contributed by atoms with Gasteiger partial charge < -0.3 is 0 Å². The van der Waals surface area contributed by atoms with Gasteiger partial charge in [0.25, 0.3) is 0 Å². The molecule has 2 unspecified atom stereocenters. The molecule has 0 radical (unpaired) electrons. The Balaban J connectivity index is 1.32. The molecule has 5 rings (SSSR count). The van der Waals surface area contributed by atoms with Crippen LogP contribution in [0.1, 0.15) is 59.1 Å². The van der Waals surface area contributed by atoms with Crippen LogP contribution in [-0.2, 0) is 19.3 Å². The summed E-state index contributed by atoms with van der Waals surface area (Å²) in [6.45, 7) is 4.66. The zero-order valence-corrected chi connectivity index (χ0v) is 18.5. The van der Waals surface area contributed by atoms with Gasteiger partial charge in [-0.1, -0.05) is 111 Å². The van der Waals surface area contributed by atoms with Crippen LogP contribution in [0.25, 0.3) is 11.1 Å². The van der Waals surface area contributed by atoms with Crippen LogP contribution in [0.15, 0.2) is 97.1 Å². The molecule has 0 aromatic heterocycles. The highest BCUT2D eigenvalue weighted by Crippen LogP contribution is 2.38. The largest absolute Gasteiger partial charge is 0.0622 e. The smallest absolute Gasteiger partial charge is 0.00133 e. The summed E-state index contributed by atoms with van der Waals surface area (Å²) in [6.07, 6.45) is 3.24. The molecule has 0 saturated carbocycles. The fourth-order valence-corrected chi connectivity index (χ4v) is 5.08. The second-order valence-corrected chi connectivity index (χ2v) is 9.19. The third kappa shape index (κ3) is 4.21. The summed E-state index contributed by atoms with van der Waals surface area (Å²) in [4.78, 5) is 0. The molecule has 4 aromatic rings. The number of hydrogen-bond donors (Lipinski definition) is 0. The highest BCUT2D eigenvalue weighted by Gasteiger charge is 2.20. The first kappa shape index (κ1) is 19.8. The first-order valence-corrected chi connectivity index (χ1v) is 11.5. The lowest BCUT2D eigenvalue weighted by atomic mass is 9.92. The summed E-state index contributed by atoms with van der Waals surface area (Å²) in [5, 5.41) is 0. The van der Waals surface area contributed by atoms with E-state index in [4.69, 9.17) is 0 Å². The average molecular weight is 403 g/mol. The molecule has 31 heavy (non-hydrogen) atoms. The van der Waals surface area contributed by atoms with E-state index in [1.807, 2.05) is 0 Å². The third-order valence-electron chi connectivity index (χ3n) is 6.83. The maximum atomic E-state index is 2.45. The van der Waals surface area contributed by atoms with Crippen molar-refractivity contribution in [3.05, 3.63) is 130 Å². The molecule has 0 bridgehead atoms. The van der Waals surface area contributed by atoms with Gasteiger partial charge in [-0.25, -0.2) is 0 Å². The van der Waals surface area contributed by atoms with Gasteiger partial charge in [0.1, 0.15) is 0 Å². The number of fused-ring (bicyclic) bond motifs is 3. The molecule has 0 heteroatoms. The topological polar surface area (TPSA) is 0 Å². The van der Waals surface area contributed by atoms with E-state index in [-0.39, 0.29) is 0 Å². The molecule has 0 nitrogen and oxygen atoms in total. The van der Waals surface area contributed by atoms with E-state index < -0.39 is 0 Å². The predicted molar refractivity (Wildman–Crippen MR) is 132 cm³/mol. The highest BCUT2D eigenvalue weighted by molar-refractivity contribution is 5.77. The molecule has 0 fully saturated rings. The zero-order chi connectivity index (χ0) is 21.2. The summed E-state index contributed by atoms with van der Waals surface area (Å²) in [5.41, 5.74) is 11.6. The van der Waals surface area contributed by atoms with E-state index in [0.29, 0.717) is 11.8 Å². The SMILES string of the molecule is CC(Cc1ccc2c(c1)Cc1cc(CC(C)c3ccccc3)ccc1-2)c1ccccc1. The summed E-state index contributed by atoms with van der Waals surface area (Å²) < 4.78 is 0. The van der Waals surface area contributed by atoms with Crippen LogP contribution in [0, 0.1) is 0 Å². The van der Waals surface area contributed by atoms with E-state index >= 15 is 0 Å². The van der Waals surface area contributed by atoms with Crippen molar-refractivity contribution in [3.8, 4) is 11.1 Å². The molecule has 154 valence electrons. The lowest BCUT2D eigenvalue weighted by molar-refractivity contribution is 0.758. The normalized spacial score (nSPS) is 14.0. The fourth-order valence-electron chi connectivity index (χ4n) is 5.08. The van der Waals surface area contributed by atoms with Gasteiger partial charge in [0.2, 0.25) is 0 Å². The Morgan fingerprint density at radius 3 is 1.39 bits per heavy atom. The Labute approximate surface area is 186 Å². The van der Waals surface area contributed by atoms with E-state index in [9.17, 15) is 0 Å². The Morgan fingerprint density at radius 2 is 0.968 bits per heavy atom. The van der Waals surface area contributed by atoms with Crippen LogP contribution in [0.5, 0.6) is 0 Å². The molecule has 0 N–H and O–H groups in total. The molecule has 0 aliphatic heterocycles. The van der Waals surface area contributed by atoms with Gasteiger partial charge in [0, 0.05) is 0 Å². The minimum Gasteiger partial charge on any atom is -0.0622 e. The summed E-state index contributed by atoms with van der Waals surface area (Å²) in [5.74, 6) is 1.07. The van der Waals surface area contributed by atoms with Gasteiger partial charge >= 0.3 is 0 Å². The number of rotatable bonds is 6. The second kappa shape index (κ2) is 8.55. The molecule has 2 atom stereocenters. The maximum Gasteiger partial charge on any atom is -0.00133 e. The van der Waals surface area contributed by atoms with E-state index in [2.05, 4.69) is 111 Å². The fraction of sp³-hybridized carbons (Fsp3) is 0.226. The Bertz CT molecular complexity index is 1080. The van der Waals surface area contributed by atoms with Crippen molar-refractivity contribution in [1.82, 2.24) is 0 Å². The van der Waals surface area contributed by atoms with Crippen molar-refractivity contribution in [1.29, 1.82) is 0 Å². The number of benzene rings is 4. The lowest BCUT2D eigenvalue weighted by Crippen LogP contribution is -1.99. The predicted octanol–water partition coefficient (Wildman–Crippen LogP) is 7.95. The van der Waals surface area contributed by atoms with Crippen molar-refractivity contribution in [2.45, 2.75) is 44.9 Å². The molecular formula is C31H30. The van der Waals surface area contributed by atoms with E-state index in [1.165, 1.54) is 44.5 Å². The first-order valence-electron chi connectivity index (χ1n) is 11.5. The van der Waals surface area contributed by atoms with Gasteiger partial charge in [-0.05, 0) is 75.6 Å². The van der Waals surface area contributed by atoms with Crippen LogP contribution in [0.3, 0.4) is 0 Å². The van der Waals surface area contributed by atoms with E-state index in [0.717, 1.165) is 19.3 Å². The highest BCUT2D eigenvalue weighted by atomic mass is 14.2. The van der Waals surface area contributed by atoms with Gasteiger partial charge in [-0.15, -0.1) is 0 Å². The molecule has 1 aliphatic carbocycles. The molecule has 0 saturated heterocycles. The van der Waals surface area contributed by atoms with Gasteiger partial charge in [0.15, 0.2) is 0 Å². The Morgan fingerprint density at radius 1 is 0.548 bits per heavy atom. The molecular weight excluding hydrogens is 372 g/mol. The zero-order valence-electron chi connectivity index (χ0n) is 18.5. The first-order chi connectivity index (χ1) is 15.2. The van der Waals surface area contributed by atoms with Crippen molar-refractivity contribution in [3.63, 3.8) is 0 Å². The molecule has 0 heterocycles. The van der Waals surface area contributed by atoms with E-state index in [1.54, 1.807) is 0 Å². The van der Waals surface area contributed by atoms with Crippen LogP contribution in [0.4, 0.5) is 0 Å². The second-order valence-electron chi connectivity index (χ2n) is 9.19. The van der Waals surface area contributed by atoms with Crippen molar-refractivity contribution >= 4 is 0 Å². The van der Waals surface area contributed by atoms with Crippen LogP contribution in [0.2, 0.25) is 0 Å². The van der Waals surface area contributed by atoms with Crippen molar-refractivity contribution in [2.24, 2.45) is 0 Å². The summed E-state index contributed by atoms with van der Waals surface area (Å²) >= 11 is 0. The quantitative estimate of drug-likeness (QED) is 0.270. The molecule has 4 aromatic carbocycles. The van der Waals surface area contributed by atoms with Crippen LogP contribution >= 0.6 is 0 Å². The third-order valence-corrected chi connectivity index (χ3v) is 6.83. The van der Waals surface area contributed by atoms with Crippen LogP contribution in [-0.4, -0.2) is 0 Å². The minimum atomic E-state index is 0.536. The standard InChI is InChI=1S/C31H30/c1-22(26-9-5-3-6-10-26)17-24-13-15-30-28(19-24)21-29-20-25(14-16-31(29)30)18-23(2)27-11-7-4-8-12-27/h3-16,19-20,22-23H,17-18,21H2,1-2H3. The lowest BCUT2D eigenvalue weighted by Gasteiger charge is -2.13. The molecule has 1 aliphatic rings. The van der Waals surface area contributed by atoms with Gasteiger partial charge in [-0.3, -0.25) is 0 Å². The van der Waals surface area contributed by atoms with Crippen molar-refractivity contribution in [2.75, 3.05) is 0 Å². The molecule has 0 amide bonds. The minimum absolute atomic E-state index is 0.536. The van der Waals surface area contributed by atoms with Crippen molar-refractivity contribution < 1.29 is 0 Å². The Hall–Kier alpha value is -3.12. The van der Waals surface area contributed by atoms with Gasteiger partial charge in [0.05, 0.1) is 0 Å². The monoisotopic (exact) mass is 402 g/mol. The Kier molecular flexibility index (Phi) is 5.47. The number of hydrogen-bond acceptors (Lipinski definition) is 0. The molecule has 0 spiro atoms. The maximum absolute atomic E-state index is 2.45. The summed E-state index contributed by atoms with van der Waals surface area (Å²) in [6, 6.07) is 36.0. The summed E-state index contributed by atoms with van der Waals surface area (Å²) in [7, 11) is 0. The van der Waals surface area contributed by atoms with Gasteiger partial charge in [-0.2, -0.15) is 0 Å². The van der Waals surface area contributed by atoms with Crippen LogP contribution < -0.4 is 0 Å². The average Bonchev–Trinajstić information content (AvgIpc) is 3.17.